The molecule has 0 radical (unpaired) electrons. The van der Waals surface area contributed by atoms with Gasteiger partial charge in [-0.25, -0.2) is 0 Å². The van der Waals surface area contributed by atoms with Gasteiger partial charge in [0.05, 0.1) is 13.2 Å². The van der Waals surface area contributed by atoms with Gasteiger partial charge in [-0.15, -0.1) is 0 Å². The van der Waals surface area contributed by atoms with Crippen molar-refractivity contribution in [3.8, 4) is 11.5 Å². The van der Waals surface area contributed by atoms with Crippen molar-refractivity contribution in [2.24, 2.45) is 0 Å². The molecule has 0 aliphatic carbocycles. The molecule has 1 atom stereocenters. The van der Waals surface area contributed by atoms with Crippen LogP contribution in [0.2, 0.25) is 0 Å². The first-order chi connectivity index (χ1) is 10.2. The molecule has 0 saturated carbocycles. The summed E-state index contributed by atoms with van der Waals surface area (Å²) < 4.78 is 13.1. The van der Waals surface area contributed by atoms with Crippen LogP contribution in [0.4, 0.5) is 0 Å². The largest absolute Gasteiger partial charge is 0.490 e. The molecule has 2 aliphatic rings. The van der Waals surface area contributed by atoms with Crippen LogP contribution in [0.1, 0.15) is 56.1 Å². The van der Waals surface area contributed by atoms with Crippen molar-refractivity contribution in [1.82, 2.24) is 5.32 Å². The molecule has 1 aromatic carbocycles. The Morgan fingerprint density at radius 2 is 2.05 bits per heavy atom. The Morgan fingerprint density at radius 1 is 1.24 bits per heavy atom. The Morgan fingerprint density at radius 3 is 2.76 bits per heavy atom. The van der Waals surface area contributed by atoms with E-state index in [1.165, 1.54) is 28.4 Å². The first-order valence-electron chi connectivity index (χ1n) is 8.01. The molecule has 0 amide bonds. The van der Waals surface area contributed by atoms with Crippen LogP contribution in [0, 0.1) is 0 Å². The zero-order chi connectivity index (χ0) is 14.8. The van der Waals surface area contributed by atoms with Gasteiger partial charge in [-0.3, -0.25) is 0 Å². The van der Waals surface area contributed by atoms with Crippen LogP contribution in [0.5, 0.6) is 11.5 Å². The van der Waals surface area contributed by atoms with Crippen molar-refractivity contribution in [3.05, 3.63) is 21.7 Å². The maximum absolute atomic E-state index is 6.06. The SMILES string of the molecule is CC(C)c1c2c(cc(Br)c1C1CCCNC1)OCCCO2. The van der Waals surface area contributed by atoms with Crippen LogP contribution in [-0.4, -0.2) is 26.3 Å². The summed E-state index contributed by atoms with van der Waals surface area (Å²) in [7, 11) is 0. The third-order valence-electron chi connectivity index (χ3n) is 4.35. The van der Waals surface area contributed by atoms with E-state index >= 15 is 0 Å². The molecule has 2 heterocycles. The Kier molecular flexibility index (Phi) is 4.75. The van der Waals surface area contributed by atoms with Crippen LogP contribution in [-0.2, 0) is 0 Å². The van der Waals surface area contributed by atoms with Crippen molar-refractivity contribution in [2.75, 3.05) is 26.3 Å². The smallest absolute Gasteiger partial charge is 0.164 e. The highest BCUT2D eigenvalue weighted by Gasteiger charge is 2.28. The van der Waals surface area contributed by atoms with Crippen LogP contribution >= 0.6 is 15.9 Å². The lowest BCUT2D eigenvalue weighted by Gasteiger charge is -2.29. The van der Waals surface area contributed by atoms with E-state index in [9.17, 15) is 0 Å². The van der Waals surface area contributed by atoms with Gasteiger partial charge in [-0.1, -0.05) is 29.8 Å². The number of benzene rings is 1. The molecule has 1 N–H and O–H groups in total. The number of hydrogen-bond donors (Lipinski definition) is 1. The zero-order valence-corrected chi connectivity index (χ0v) is 14.5. The van der Waals surface area contributed by atoms with Crippen LogP contribution in [0.15, 0.2) is 10.5 Å². The van der Waals surface area contributed by atoms with E-state index in [-0.39, 0.29) is 0 Å². The molecule has 1 aromatic rings. The number of ether oxygens (including phenoxy) is 2. The Balaban J connectivity index is 2.11. The average Bonchev–Trinajstić information content (AvgIpc) is 2.71. The number of fused-ring (bicyclic) bond motifs is 1. The third-order valence-corrected chi connectivity index (χ3v) is 5.00. The van der Waals surface area contributed by atoms with Gasteiger partial charge in [0, 0.05) is 23.0 Å². The van der Waals surface area contributed by atoms with Crippen molar-refractivity contribution >= 4 is 15.9 Å². The highest BCUT2D eigenvalue weighted by molar-refractivity contribution is 9.10. The van der Waals surface area contributed by atoms with Crippen LogP contribution < -0.4 is 14.8 Å². The van der Waals surface area contributed by atoms with Crippen molar-refractivity contribution < 1.29 is 9.47 Å². The lowest BCUT2D eigenvalue weighted by molar-refractivity contribution is 0.295. The highest BCUT2D eigenvalue weighted by atomic mass is 79.9. The second-order valence-corrected chi connectivity index (χ2v) is 7.12. The fourth-order valence-corrected chi connectivity index (χ4v) is 4.15. The van der Waals surface area contributed by atoms with Gasteiger partial charge >= 0.3 is 0 Å². The Bertz CT molecular complexity index is 510. The number of halogens is 1. The molecule has 2 aliphatic heterocycles. The van der Waals surface area contributed by atoms with Gasteiger partial charge in [0.15, 0.2) is 11.5 Å². The Hall–Kier alpha value is -0.740. The van der Waals surface area contributed by atoms with E-state index in [0.717, 1.165) is 44.2 Å². The summed E-state index contributed by atoms with van der Waals surface area (Å²) >= 11 is 3.79. The first kappa shape index (κ1) is 15.2. The zero-order valence-electron chi connectivity index (χ0n) is 12.9. The summed E-state index contributed by atoms with van der Waals surface area (Å²) in [6, 6.07) is 2.11. The molecule has 1 saturated heterocycles. The summed E-state index contributed by atoms with van der Waals surface area (Å²) in [4.78, 5) is 0. The number of piperidine rings is 1. The summed E-state index contributed by atoms with van der Waals surface area (Å²) in [6.45, 7) is 8.16. The molecule has 0 spiro atoms. The molecular formula is C17H24BrNO2. The number of rotatable bonds is 2. The van der Waals surface area contributed by atoms with Crippen molar-refractivity contribution in [3.63, 3.8) is 0 Å². The quantitative estimate of drug-likeness (QED) is 0.864. The maximum atomic E-state index is 6.06. The fourth-order valence-electron chi connectivity index (χ4n) is 3.40. The molecule has 116 valence electrons. The molecule has 1 unspecified atom stereocenters. The molecule has 0 bridgehead atoms. The van der Waals surface area contributed by atoms with E-state index in [2.05, 4.69) is 41.2 Å². The highest BCUT2D eigenvalue weighted by Crippen LogP contribution is 2.46. The fraction of sp³-hybridized carbons (Fsp3) is 0.647. The minimum Gasteiger partial charge on any atom is -0.490 e. The van der Waals surface area contributed by atoms with Gasteiger partial charge < -0.3 is 14.8 Å². The molecule has 21 heavy (non-hydrogen) atoms. The van der Waals surface area contributed by atoms with Crippen molar-refractivity contribution in [2.45, 2.75) is 44.9 Å². The van der Waals surface area contributed by atoms with E-state index in [4.69, 9.17) is 9.47 Å². The minimum atomic E-state index is 0.426. The van der Waals surface area contributed by atoms with Crippen molar-refractivity contribution in [1.29, 1.82) is 0 Å². The normalized spacial score (nSPS) is 22.2. The second-order valence-electron chi connectivity index (χ2n) is 6.26. The molecular weight excluding hydrogens is 330 g/mol. The van der Waals surface area contributed by atoms with E-state index < -0.39 is 0 Å². The summed E-state index contributed by atoms with van der Waals surface area (Å²) in [5.74, 6) is 2.86. The molecule has 4 heteroatoms. The molecule has 0 aromatic heterocycles. The molecule has 3 rings (SSSR count). The molecule has 3 nitrogen and oxygen atoms in total. The van der Waals surface area contributed by atoms with Gasteiger partial charge in [0.25, 0.3) is 0 Å². The predicted octanol–water partition coefficient (Wildman–Crippen LogP) is 4.20. The van der Waals surface area contributed by atoms with E-state index in [1.807, 2.05) is 0 Å². The lowest BCUT2D eigenvalue weighted by atomic mass is 9.84. The summed E-state index contributed by atoms with van der Waals surface area (Å²) in [5, 5.41) is 3.53. The first-order valence-corrected chi connectivity index (χ1v) is 8.80. The van der Waals surface area contributed by atoms with Crippen LogP contribution in [0.3, 0.4) is 0 Å². The van der Waals surface area contributed by atoms with Crippen LogP contribution in [0.25, 0.3) is 0 Å². The molecule has 1 fully saturated rings. The average molecular weight is 354 g/mol. The van der Waals surface area contributed by atoms with Gasteiger partial charge in [0.2, 0.25) is 0 Å². The summed E-state index contributed by atoms with van der Waals surface area (Å²) in [5.41, 5.74) is 2.75. The van der Waals surface area contributed by atoms with Gasteiger partial charge in [-0.2, -0.15) is 0 Å². The maximum Gasteiger partial charge on any atom is 0.164 e. The number of hydrogen-bond acceptors (Lipinski definition) is 3. The monoisotopic (exact) mass is 353 g/mol. The van der Waals surface area contributed by atoms with E-state index in [1.54, 1.807) is 0 Å². The topological polar surface area (TPSA) is 30.5 Å². The number of nitrogens with one attached hydrogen (secondary N) is 1. The lowest BCUT2D eigenvalue weighted by Crippen LogP contribution is -2.29. The third kappa shape index (κ3) is 3.07. The minimum absolute atomic E-state index is 0.426. The van der Waals surface area contributed by atoms with Gasteiger partial charge in [-0.05, 0) is 42.9 Å². The predicted molar refractivity (Wildman–Crippen MR) is 88.7 cm³/mol. The van der Waals surface area contributed by atoms with E-state index in [0.29, 0.717) is 11.8 Å². The standard InChI is InChI=1S/C17H24BrNO2/c1-11(2)15-16(12-5-3-6-19-10-12)13(18)9-14-17(15)21-8-4-7-20-14/h9,11-12,19H,3-8,10H2,1-2H3. The Labute approximate surface area is 135 Å². The second kappa shape index (κ2) is 6.57. The van der Waals surface area contributed by atoms with Gasteiger partial charge in [0.1, 0.15) is 0 Å². The summed E-state index contributed by atoms with van der Waals surface area (Å²) in [6.07, 6.45) is 3.43.